The summed E-state index contributed by atoms with van der Waals surface area (Å²) >= 11 is 0. The summed E-state index contributed by atoms with van der Waals surface area (Å²) in [6.07, 6.45) is -10.2. The first-order chi connectivity index (χ1) is 19.4. The van der Waals surface area contributed by atoms with Gasteiger partial charge in [0.25, 0.3) is 17.2 Å². The molecule has 1 fully saturated rings. The van der Waals surface area contributed by atoms with E-state index < -0.39 is 89.3 Å². The van der Waals surface area contributed by atoms with Gasteiger partial charge < -0.3 is 45.7 Å². The Balaban J connectivity index is 1.54. The number of hydrogen-bond donors (Lipinski definition) is 7. The third-order valence-corrected chi connectivity index (χ3v) is 6.38. The number of carbonyl (C=O) groups is 2. The van der Waals surface area contributed by atoms with Crippen molar-refractivity contribution < 1.29 is 49.1 Å². The molecule has 2 amide bonds. The Labute approximate surface area is 228 Å². The van der Waals surface area contributed by atoms with Crippen LogP contribution in [0.1, 0.15) is 6.23 Å². The molecule has 3 heterocycles. The van der Waals surface area contributed by atoms with Gasteiger partial charge in [0.15, 0.2) is 18.1 Å². The minimum atomic E-state index is -1.92. The number of benzene rings is 1. The first-order valence-corrected chi connectivity index (χ1v) is 11.9. The SMILES string of the molecule is NC(=O)[C@H](O[C@H]1OC(C(=O)Nc2cccc([N+](=O)[O-])c2)=C[C@H](O)[C@@H]1O)[C@H]1O[C@@H](n2ccc(=O)[nH]c2=O)[C@H](O)[C@@H]1CO. The number of hydrogen-bond acceptors (Lipinski definition) is 13. The standard InChI is InChI=1S/C23H25N5O13/c24-19(34)18(17-11(8-29)15(32)21(40-17)27-5-4-14(31)26-23(27)36)41-22-16(33)12(30)7-13(39-22)20(35)25-9-2-1-3-10(6-9)28(37)38/h1-7,11-12,15-18,21-22,29-30,32-33H,8H2,(H2,24,34)(H,25,35)(H,26,31,36)/t11-,12-,15+,16-,17-,18+,21+,22+/m0/s1. The maximum absolute atomic E-state index is 12.8. The van der Waals surface area contributed by atoms with Crippen LogP contribution in [-0.4, -0.2) is 90.1 Å². The first-order valence-electron chi connectivity index (χ1n) is 11.9. The molecule has 8 N–H and O–H groups in total. The van der Waals surface area contributed by atoms with Gasteiger partial charge in [0, 0.05) is 36.0 Å². The summed E-state index contributed by atoms with van der Waals surface area (Å²) in [6, 6.07) is 5.89. The number of rotatable bonds is 9. The number of ether oxygens (including phenoxy) is 3. The van der Waals surface area contributed by atoms with E-state index in [2.05, 4.69) is 5.32 Å². The number of amides is 2. The molecule has 0 saturated carbocycles. The van der Waals surface area contributed by atoms with Crippen molar-refractivity contribution in [2.24, 2.45) is 11.7 Å². The summed E-state index contributed by atoms with van der Waals surface area (Å²) in [7, 11) is 0. The summed E-state index contributed by atoms with van der Waals surface area (Å²) in [5.41, 5.74) is 3.47. The highest BCUT2D eigenvalue weighted by Gasteiger charge is 2.51. The number of nitrogens with zero attached hydrogens (tertiary/aromatic N) is 2. The normalized spacial score (nSPS) is 28.3. The number of nitrogens with two attached hydrogens (primary N) is 1. The molecule has 1 aromatic heterocycles. The molecule has 2 aromatic rings. The van der Waals surface area contributed by atoms with Crippen LogP contribution in [0.4, 0.5) is 11.4 Å². The van der Waals surface area contributed by atoms with Crippen LogP contribution in [0.5, 0.6) is 0 Å². The number of H-pyrrole nitrogens is 1. The van der Waals surface area contributed by atoms with Gasteiger partial charge in [-0.3, -0.25) is 34.0 Å². The maximum atomic E-state index is 12.8. The van der Waals surface area contributed by atoms with Crippen LogP contribution in [0.25, 0.3) is 0 Å². The topological polar surface area (TPSA) is 279 Å². The van der Waals surface area contributed by atoms with Crippen LogP contribution in [0.3, 0.4) is 0 Å². The van der Waals surface area contributed by atoms with E-state index in [0.29, 0.717) is 0 Å². The fraction of sp³-hybridized carbons (Fsp3) is 0.391. The van der Waals surface area contributed by atoms with Crippen LogP contribution in [-0.2, 0) is 23.8 Å². The number of carbonyl (C=O) groups excluding carboxylic acids is 2. The average Bonchev–Trinajstić information content (AvgIpc) is 3.24. The number of nitro benzene ring substituents is 1. The Morgan fingerprint density at radius 3 is 2.59 bits per heavy atom. The van der Waals surface area contributed by atoms with Gasteiger partial charge in [-0.15, -0.1) is 0 Å². The Kier molecular flexibility index (Phi) is 8.61. The number of primary amides is 1. The molecule has 2 aliphatic rings. The largest absolute Gasteiger partial charge is 0.456 e. The van der Waals surface area contributed by atoms with Crippen molar-refractivity contribution in [1.82, 2.24) is 9.55 Å². The zero-order chi connectivity index (χ0) is 30.0. The minimum Gasteiger partial charge on any atom is -0.456 e. The molecule has 220 valence electrons. The van der Waals surface area contributed by atoms with Crippen LogP contribution in [0.2, 0.25) is 0 Å². The van der Waals surface area contributed by atoms with Crippen molar-refractivity contribution in [3.63, 3.8) is 0 Å². The molecule has 18 nitrogen and oxygen atoms in total. The quantitative estimate of drug-likeness (QED) is 0.114. The van der Waals surface area contributed by atoms with E-state index >= 15 is 0 Å². The lowest BCUT2D eigenvalue weighted by Crippen LogP contribution is -2.52. The minimum absolute atomic E-state index is 0.00413. The van der Waals surface area contributed by atoms with Gasteiger partial charge in [-0.25, -0.2) is 4.79 Å². The molecule has 1 saturated heterocycles. The Hall–Kier alpha value is -4.46. The van der Waals surface area contributed by atoms with Crippen molar-refractivity contribution in [2.45, 2.75) is 43.0 Å². The van der Waals surface area contributed by atoms with E-state index in [-0.39, 0.29) is 11.4 Å². The second-order valence-electron chi connectivity index (χ2n) is 9.06. The second kappa shape index (κ2) is 12.0. The van der Waals surface area contributed by atoms with Gasteiger partial charge >= 0.3 is 5.69 Å². The van der Waals surface area contributed by atoms with Crippen molar-refractivity contribution in [3.05, 3.63) is 79.3 Å². The molecular formula is C23H25N5O13. The van der Waals surface area contributed by atoms with Crippen molar-refractivity contribution in [2.75, 3.05) is 11.9 Å². The van der Waals surface area contributed by atoms with Crippen LogP contribution in [0.15, 0.2) is 58.0 Å². The summed E-state index contributed by atoms with van der Waals surface area (Å²) in [4.78, 5) is 61.1. The second-order valence-corrected chi connectivity index (χ2v) is 9.06. The summed E-state index contributed by atoms with van der Waals surface area (Å²) < 4.78 is 17.3. The molecular weight excluding hydrogens is 554 g/mol. The van der Waals surface area contributed by atoms with Gasteiger partial charge in [0.2, 0.25) is 12.2 Å². The molecule has 0 aliphatic carbocycles. The predicted octanol–water partition coefficient (Wildman–Crippen LogP) is -3.22. The van der Waals surface area contributed by atoms with E-state index in [9.17, 15) is 49.7 Å². The van der Waals surface area contributed by atoms with E-state index in [1.807, 2.05) is 4.98 Å². The van der Waals surface area contributed by atoms with Crippen molar-refractivity contribution in [1.29, 1.82) is 0 Å². The number of anilines is 1. The summed E-state index contributed by atoms with van der Waals surface area (Å²) in [5, 5.41) is 54.7. The van der Waals surface area contributed by atoms with Gasteiger partial charge in [-0.05, 0) is 12.1 Å². The Morgan fingerprint density at radius 1 is 1.22 bits per heavy atom. The van der Waals surface area contributed by atoms with Crippen molar-refractivity contribution >= 4 is 23.2 Å². The fourth-order valence-electron chi connectivity index (χ4n) is 4.34. The maximum Gasteiger partial charge on any atom is 0.330 e. The van der Waals surface area contributed by atoms with E-state index in [1.54, 1.807) is 0 Å². The van der Waals surface area contributed by atoms with Gasteiger partial charge in [-0.2, -0.15) is 0 Å². The molecule has 0 unspecified atom stereocenters. The summed E-state index contributed by atoms with van der Waals surface area (Å²) in [5.74, 6) is -4.10. The number of non-ortho nitro benzene ring substituents is 1. The monoisotopic (exact) mass is 579 g/mol. The molecule has 8 atom stereocenters. The lowest BCUT2D eigenvalue weighted by atomic mass is 9.94. The number of nitro groups is 1. The molecule has 0 bridgehead atoms. The Morgan fingerprint density at radius 2 is 1.95 bits per heavy atom. The molecule has 0 spiro atoms. The first kappa shape index (κ1) is 29.5. The van der Waals surface area contributed by atoms with E-state index in [1.165, 1.54) is 18.2 Å². The number of aliphatic hydroxyl groups is 4. The van der Waals surface area contributed by atoms with Crippen LogP contribution < -0.4 is 22.3 Å². The number of nitrogens with one attached hydrogen (secondary N) is 2. The summed E-state index contributed by atoms with van der Waals surface area (Å²) in [6.45, 7) is -0.791. The smallest absolute Gasteiger partial charge is 0.330 e. The zero-order valence-corrected chi connectivity index (χ0v) is 20.8. The number of aliphatic hydroxyl groups excluding tert-OH is 4. The van der Waals surface area contributed by atoms with Crippen molar-refractivity contribution in [3.8, 4) is 0 Å². The Bertz CT molecular complexity index is 1470. The van der Waals surface area contributed by atoms with Gasteiger partial charge in [-0.1, -0.05) is 6.07 Å². The molecule has 0 radical (unpaired) electrons. The third kappa shape index (κ3) is 6.16. The van der Waals surface area contributed by atoms with Crippen LogP contribution in [0, 0.1) is 16.0 Å². The average molecular weight is 579 g/mol. The lowest BCUT2D eigenvalue weighted by Gasteiger charge is -2.35. The molecule has 2 aliphatic heterocycles. The highest BCUT2D eigenvalue weighted by atomic mass is 16.7. The highest BCUT2D eigenvalue weighted by molar-refractivity contribution is 6.02. The number of aromatic amines is 1. The van der Waals surface area contributed by atoms with E-state index in [4.69, 9.17) is 19.9 Å². The van der Waals surface area contributed by atoms with Gasteiger partial charge in [0.05, 0.1) is 11.5 Å². The lowest BCUT2D eigenvalue weighted by molar-refractivity contribution is -0.384. The fourth-order valence-corrected chi connectivity index (χ4v) is 4.34. The molecule has 18 heteroatoms. The highest BCUT2D eigenvalue weighted by Crippen LogP contribution is 2.36. The van der Waals surface area contributed by atoms with Crippen LogP contribution >= 0.6 is 0 Å². The third-order valence-electron chi connectivity index (χ3n) is 6.38. The number of aromatic nitrogens is 2. The van der Waals surface area contributed by atoms with E-state index in [0.717, 1.165) is 29.0 Å². The zero-order valence-electron chi connectivity index (χ0n) is 20.8. The predicted molar refractivity (Wildman–Crippen MR) is 133 cm³/mol. The molecule has 1 aromatic carbocycles. The molecule has 4 rings (SSSR count). The molecule has 41 heavy (non-hydrogen) atoms. The van der Waals surface area contributed by atoms with Gasteiger partial charge in [0.1, 0.15) is 24.4 Å².